The van der Waals surface area contributed by atoms with E-state index < -0.39 is 12.0 Å². The molecule has 110 valence electrons. The molecule has 2 N–H and O–H groups in total. The number of nitrogens with one attached hydrogen (secondary N) is 1. The quantitative estimate of drug-likeness (QED) is 0.791. The second-order valence-electron chi connectivity index (χ2n) is 5.78. The number of carboxylic acids is 1. The molecule has 1 fully saturated rings. The third-order valence-corrected chi connectivity index (χ3v) is 3.82. The van der Waals surface area contributed by atoms with E-state index in [2.05, 4.69) is 26.1 Å². The minimum atomic E-state index is -0.982. The molecule has 2 atom stereocenters. The molecule has 6 heteroatoms. The zero-order valence-corrected chi connectivity index (χ0v) is 12.1. The predicted molar refractivity (Wildman–Crippen MR) is 71.0 cm³/mol. The molecule has 0 saturated carbocycles. The molecule has 6 nitrogen and oxygen atoms in total. The van der Waals surface area contributed by atoms with Crippen LogP contribution in [0.15, 0.2) is 0 Å². The van der Waals surface area contributed by atoms with E-state index in [1.165, 1.54) is 12.0 Å². The number of carbonyl (C=O) groups excluding carboxylic acids is 1. The molecule has 1 heterocycles. The molecule has 0 aromatic rings. The van der Waals surface area contributed by atoms with Gasteiger partial charge in [-0.05, 0) is 11.8 Å². The summed E-state index contributed by atoms with van der Waals surface area (Å²) in [6.45, 7) is 7.03. The molecule has 1 rings (SSSR count). The third kappa shape index (κ3) is 4.09. The smallest absolute Gasteiger partial charge is 0.326 e. The van der Waals surface area contributed by atoms with Gasteiger partial charge in [-0.25, -0.2) is 9.59 Å². The number of nitrogens with zero attached hydrogens (tertiary/aromatic N) is 1. The lowest BCUT2D eigenvalue weighted by atomic mass is 9.90. The number of methoxy groups -OCH3 is 1. The molecule has 0 aliphatic carbocycles. The number of aliphatic carboxylic acids is 1. The Morgan fingerprint density at radius 3 is 2.58 bits per heavy atom. The predicted octanol–water partition coefficient (Wildman–Crippen LogP) is 1.31. The highest BCUT2D eigenvalue weighted by atomic mass is 16.5. The number of rotatable bonds is 5. The van der Waals surface area contributed by atoms with Crippen molar-refractivity contribution < 1.29 is 19.4 Å². The monoisotopic (exact) mass is 272 g/mol. The fraction of sp³-hybridized carbons (Fsp3) is 0.846. The molecule has 0 aromatic carbocycles. The van der Waals surface area contributed by atoms with Gasteiger partial charge in [0.15, 0.2) is 0 Å². The van der Waals surface area contributed by atoms with Crippen molar-refractivity contribution in [2.24, 2.45) is 5.41 Å². The first-order chi connectivity index (χ1) is 8.80. The van der Waals surface area contributed by atoms with Crippen LogP contribution in [0.4, 0.5) is 4.79 Å². The van der Waals surface area contributed by atoms with Crippen molar-refractivity contribution in [1.82, 2.24) is 10.2 Å². The van der Waals surface area contributed by atoms with E-state index in [1.54, 1.807) is 0 Å². The van der Waals surface area contributed by atoms with Gasteiger partial charge in [0.2, 0.25) is 0 Å². The van der Waals surface area contributed by atoms with Gasteiger partial charge in [-0.15, -0.1) is 0 Å². The highest BCUT2D eigenvalue weighted by Gasteiger charge is 2.40. The Balaban J connectivity index is 2.62. The van der Waals surface area contributed by atoms with Crippen LogP contribution in [0, 0.1) is 5.41 Å². The molecule has 0 aromatic heterocycles. The molecule has 1 saturated heterocycles. The summed E-state index contributed by atoms with van der Waals surface area (Å²) >= 11 is 0. The maximum Gasteiger partial charge on any atom is 0.326 e. The number of carbonyl (C=O) groups is 2. The first-order valence-electron chi connectivity index (χ1n) is 6.61. The second-order valence-corrected chi connectivity index (χ2v) is 5.78. The summed E-state index contributed by atoms with van der Waals surface area (Å²) in [5.74, 6) is -0.982. The topological polar surface area (TPSA) is 78.9 Å². The molecule has 2 unspecified atom stereocenters. The van der Waals surface area contributed by atoms with Crippen LogP contribution in [0.25, 0.3) is 0 Å². The normalized spacial score (nSPS) is 23.5. The summed E-state index contributed by atoms with van der Waals surface area (Å²) in [5, 5.41) is 12.0. The lowest BCUT2D eigenvalue weighted by molar-refractivity contribution is -0.141. The van der Waals surface area contributed by atoms with Crippen LogP contribution in [0.5, 0.6) is 0 Å². The van der Waals surface area contributed by atoms with Crippen LogP contribution in [-0.2, 0) is 9.53 Å². The number of carboxylic acid groups (broad SMARTS) is 1. The van der Waals surface area contributed by atoms with Crippen LogP contribution < -0.4 is 5.32 Å². The largest absolute Gasteiger partial charge is 0.480 e. The van der Waals surface area contributed by atoms with Gasteiger partial charge in [-0.3, -0.25) is 0 Å². The van der Waals surface area contributed by atoms with Gasteiger partial charge in [0, 0.05) is 26.6 Å². The average Bonchev–Trinajstić information content (AvgIpc) is 2.80. The van der Waals surface area contributed by atoms with Gasteiger partial charge in [0.25, 0.3) is 0 Å². The summed E-state index contributed by atoms with van der Waals surface area (Å²) in [5.41, 5.74) is 0.00869. The lowest BCUT2D eigenvalue weighted by Gasteiger charge is -2.27. The zero-order valence-electron chi connectivity index (χ0n) is 12.1. The number of hydrogen-bond donors (Lipinski definition) is 2. The number of likely N-dealkylation sites (tertiary alicyclic amines) is 1. The van der Waals surface area contributed by atoms with Crippen LogP contribution in [-0.4, -0.2) is 54.4 Å². The lowest BCUT2D eigenvalue weighted by Crippen LogP contribution is -2.48. The molecule has 2 amide bonds. The molecule has 0 radical (unpaired) electrons. The number of urea groups is 1. The van der Waals surface area contributed by atoms with Crippen molar-refractivity contribution in [3.63, 3.8) is 0 Å². The van der Waals surface area contributed by atoms with Crippen molar-refractivity contribution >= 4 is 12.0 Å². The zero-order chi connectivity index (χ0) is 14.6. The Morgan fingerprint density at radius 2 is 2.11 bits per heavy atom. The maximum atomic E-state index is 12.1. The van der Waals surface area contributed by atoms with Gasteiger partial charge in [0.1, 0.15) is 6.04 Å². The first kappa shape index (κ1) is 15.8. The van der Waals surface area contributed by atoms with Crippen molar-refractivity contribution in [3.8, 4) is 0 Å². The van der Waals surface area contributed by atoms with E-state index in [-0.39, 0.29) is 17.6 Å². The molecule has 0 spiro atoms. The molecule has 1 aliphatic heterocycles. The third-order valence-electron chi connectivity index (χ3n) is 3.82. The minimum Gasteiger partial charge on any atom is -0.480 e. The highest BCUT2D eigenvalue weighted by molar-refractivity contribution is 5.83. The Hall–Kier alpha value is -1.30. The van der Waals surface area contributed by atoms with E-state index in [9.17, 15) is 9.59 Å². The molecular weight excluding hydrogens is 248 g/mol. The van der Waals surface area contributed by atoms with E-state index in [1.807, 2.05) is 0 Å². The Kier molecular flexibility index (Phi) is 5.17. The van der Waals surface area contributed by atoms with Gasteiger partial charge in [0.05, 0.1) is 6.10 Å². The average molecular weight is 272 g/mol. The van der Waals surface area contributed by atoms with E-state index in [4.69, 9.17) is 9.84 Å². The van der Waals surface area contributed by atoms with Crippen molar-refractivity contribution in [2.75, 3.05) is 20.2 Å². The molecule has 1 aliphatic rings. The van der Waals surface area contributed by atoms with Gasteiger partial charge in [-0.2, -0.15) is 0 Å². The van der Waals surface area contributed by atoms with Crippen molar-refractivity contribution in [1.29, 1.82) is 0 Å². The number of hydrogen-bond acceptors (Lipinski definition) is 3. The van der Waals surface area contributed by atoms with Crippen molar-refractivity contribution in [3.05, 3.63) is 0 Å². The van der Waals surface area contributed by atoms with Gasteiger partial charge in [-0.1, -0.05) is 20.8 Å². The van der Waals surface area contributed by atoms with Crippen LogP contribution in [0.1, 0.15) is 33.6 Å². The molecule has 19 heavy (non-hydrogen) atoms. The minimum absolute atomic E-state index is 0.00869. The highest BCUT2D eigenvalue weighted by Crippen LogP contribution is 2.21. The van der Waals surface area contributed by atoms with Gasteiger partial charge >= 0.3 is 12.0 Å². The van der Waals surface area contributed by atoms with E-state index in [0.29, 0.717) is 19.5 Å². The summed E-state index contributed by atoms with van der Waals surface area (Å²) < 4.78 is 5.15. The van der Waals surface area contributed by atoms with E-state index >= 15 is 0 Å². The second kappa shape index (κ2) is 6.23. The fourth-order valence-electron chi connectivity index (χ4n) is 1.97. The molecular formula is C13H24N2O4. The first-order valence-corrected chi connectivity index (χ1v) is 6.61. The fourth-order valence-corrected chi connectivity index (χ4v) is 1.97. The number of ether oxygens (including phenoxy) is 1. The Morgan fingerprint density at radius 1 is 1.47 bits per heavy atom. The Bertz CT molecular complexity index is 344. The van der Waals surface area contributed by atoms with Crippen molar-refractivity contribution in [2.45, 2.75) is 45.8 Å². The number of amides is 2. The maximum absolute atomic E-state index is 12.1. The molecule has 0 bridgehead atoms. The summed E-state index contributed by atoms with van der Waals surface area (Å²) in [4.78, 5) is 24.6. The SMILES string of the molecule is CCC(C)(C)CNC(=O)N1CC(OC)CC1C(=O)O. The van der Waals surface area contributed by atoms with Gasteiger partial charge < -0.3 is 20.1 Å². The van der Waals surface area contributed by atoms with Crippen LogP contribution in [0.3, 0.4) is 0 Å². The summed E-state index contributed by atoms with van der Waals surface area (Å²) in [6.07, 6.45) is 1.08. The van der Waals surface area contributed by atoms with E-state index in [0.717, 1.165) is 6.42 Å². The summed E-state index contributed by atoms with van der Waals surface area (Å²) in [6, 6.07) is -1.12. The summed E-state index contributed by atoms with van der Waals surface area (Å²) in [7, 11) is 1.53. The van der Waals surface area contributed by atoms with Crippen LogP contribution in [0.2, 0.25) is 0 Å². The van der Waals surface area contributed by atoms with Crippen LogP contribution >= 0.6 is 0 Å². The standard InChI is InChI=1S/C13H24N2O4/c1-5-13(2,3)8-14-12(18)15-7-9(19-4)6-10(15)11(16)17/h9-10H,5-8H2,1-4H3,(H,14,18)(H,16,17). The Labute approximate surface area is 114 Å².